The maximum Gasteiger partial charge on any atom is 0.205 e. The largest absolute Gasteiger partial charge is 0.346 e. The van der Waals surface area contributed by atoms with Crippen molar-refractivity contribution in [1.29, 1.82) is 0 Å². The molecule has 3 nitrogen and oxygen atoms in total. The van der Waals surface area contributed by atoms with E-state index in [1.165, 1.54) is 11.5 Å². The lowest BCUT2D eigenvalue weighted by Crippen LogP contribution is -2.26. The van der Waals surface area contributed by atoms with Gasteiger partial charge in [0.1, 0.15) is 5.82 Å². The normalized spacial score (nSPS) is 11.8. The summed E-state index contributed by atoms with van der Waals surface area (Å²) >= 11 is 4.99. The van der Waals surface area contributed by atoms with Gasteiger partial charge in [0.05, 0.1) is 0 Å². The fourth-order valence-corrected chi connectivity index (χ4v) is 2.66. The molecule has 0 bridgehead atoms. The predicted octanol–water partition coefficient (Wildman–Crippen LogP) is 3.45. The third-order valence-electron chi connectivity index (χ3n) is 2.20. The summed E-state index contributed by atoms with van der Waals surface area (Å²) in [6, 6.07) is 0. The van der Waals surface area contributed by atoms with Crippen LogP contribution in [0.5, 0.6) is 0 Å². The third kappa shape index (κ3) is 3.70. The quantitative estimate of drug-likeness (QED) is 0.780. The van der Waals surface area contributed by atoms with Gasteiger partial charge in [-0.1, -0.05) is 43.6 Å². The summed E-state index contributed by atoms with van der Waals surface area (Å²) < 4.78 is 4.45. The van der Waals surface area contributed by atoms with Gasteiger partial charge in [-0.3, -0.25) is 0 Å². The molecular weight excluding hydrogens is 286 g/mol. The number of nitrogens with zero attached hydrogens (tertiary/aromatic N) is 3. The van der Waals surface area contributed by atoms with Crippen molar-refractivity contribution in [1.82, 2.24) is 9.36 Å². The number of anilines is 1. The Bertz CT molecular complexity index is 313. The standard InChI is InChI=1S/C11H20BrN3S/c1-5-7-15(8-6-12)10-13-9(14-16-10)11(2,3)4/h5-8H2,1-4H3. The van der Waals surface area contributed by atoms with E-state index in [1.807, 2.05) is 0 Å². The Morgan fingerprint density at radius 2 is 2.00 bits per heavy atom. The predicted molar refractivity (Wildman–Crippen MR) is 74.9 cm³/mol. The maximum atomic E-state index is 4.63. The Hall–Kier alpha value is -0.160. The van der Waals surface area contributed by atoms with E-state index >= 15 is 0 Å². The molecule has 0 saturated heterocycles. The van der Waals surface area contributed by atoms with Crippen LogP contribution in [0.3, 0.4) is 0 Å². The molecular formula is C11H20BrN3S. The second kappa shape index (κ2) is 5.96. The molecule has 1 aromatic heterocycles. The first-order valence-corrected chi connectivity index (χ1v) is 7.53. The average molecular weight is 306 g/mol. The molecule has 0 atom stereocenters. The zero-order chi connectivity index (χ0) is 12.2. The molecule has 92 valence electrons. The van der Waals surface area contributed by atoms with Crippen molar-refractivity contribution in [3.63, 3.8) is 0 Å². The summed E-state index contributed by atoms with van der Waals surface area (Å²) in [5.74, 6) is 0.947. The van der Waals surface area contributed by atoms with Crippen molar-refractivity contribution >= 4 is 32.6 Å². The Kier molecular flexibility index (Phi) is 5.18. The number of alkyl halides is 1. The van der Waals surface area contributed by atoms with Crippen LogP contribution < -0.4 is 4.90 Å². The number of rotatable bonds is 5. The highest BCUT2D eigenvalue weighted by atomic mass is 79.9. The van der Waals surface area contributed by atoms with Crippen LogP contribution in [-0.4, -0.2) is 27.8 Å². The average Bonchev–Trinajstić information content (AvgIpc) is 2.65. The Labute approximate surface area is 111 Å². The molecule has 0 amide bonds. The minimum Gasteiger partial charge on any atom is -0.346 e. The molecule has 16 heavy (non-hydrogen) atoms. The monoisotopic (exact) mass is 305 g/mol. The van der Waals surface area contributed by atoms with E-state index in [9.17, 15) is 0 Å². The van der Waals surface area contributed by atoms with Crippen LogP contribution in [0.15, 0.2) is 0 Å². The number of hydrogen-bond donors (Lipinski definition) is 0. The van der Waals surface area contributed by atoms with Gasteiger partial charge in [-0.25, -0.2) is 4.98 Å². The maximum absolute atomic E-state index is 4.63. The topological polar surface area (TPSA) is 29.0 Å². The minimum absolute atomic E-state index is 0.0427. The third-order valence-corrected chi connectivity index (χ3v) is 3.34. The molecule has 1 aromatic rings. The molecule has 1 heterocycles. The van der Waals surface area contributed by atoms with Gasteiger partial charge in [0.15, 0.2) is 0 Å². The van der Waals surface area contributed by atoms with Gasteiger partial charge < -0.3 is 4.90 Å². The van der Waals surface area contributed by atoms with Crippen LogP contribution in [0.4, 0.5) is 5.13 Å². The lowest BCUT2D eigenvalue weighted by atomic mass is 9.96. The Morgan fingerprint density at radius 3 is 2.44 bits per heavy atom. The molecule has 0 N–H and O–H groups in total. The summed E-state index contributed by atoms with van der Waals surface area (Å²) in [6.45, 7) is 10.7. The van der Waals surface area contributed by atoms with Gasteiger partial charge in [0.25, 0.3) is 0 Å². The molecule has 0 saturated carbocycles. The van der Waals surface area contributed by atoms with Gasteiger partial charge in [-0.15, -0.1) is 0 Å². The van der Waals surface area contributed by atoms with Crippen molar-refractivity contribution < 1.29 is 0 Å². The Balaban J connectivity index is 2.81. The van der Waals surface area contributed by atoms with Gasteiger partial charge in [0, 0.05) is 35.4 Å². The second-order valence-electron chi connectivity index (χ2n) is 4.83. The van der Waals surface area contributed by atoms with Gasteiger partial charge in [-0.05, 0) is 6.42 Å². The first kappa shape index (κ1) is 13.9. The SMILES string of the molecule is CCCN(CCBr)c1nc(C(C)(C)C)ns1. The van der Waals surface area contributed by atoms with E-state index < -0.39 is 0 Å². The van der Waals surface area contributed by atoms with E-state index in [0.717, 1.165) is 35.8 Å². The molecule has 0 spiro atoms. The lowest BCUT2D eigenvalue weighted by molar-refractivity contribution is 0.554. The van der Waals surface area contributed by atoms with Crippen LogP contribution in [-0.2, 0) is 5.41 Å². The highest BCUT2D eigenvalue weighted by molar-refractivity contribution is 9.09. The molecule has 0 unspecified atom stereocenters. The van der Waals surface area contributed by atoms with Crippen molar-refractivity contribution in [3.8, 4) is 0 Å². The first-order chi connectivity index (χ1) is 7.49. The summed E-state index contributed by atoms with van der Waals surface area (Å²) in [6.07, 6.45) is 1.14. The summed E-state index contributed by atoms with van der Waals surface area (Å²) in [7, 11) is 0. The molecule has 0 fully saturated rings. The van der Waals surface area contributed by atoms with E-state index in [4.69, 9.17) is 0 Å². The highest BCUT2D eigenvalue weighted by Crippen LogP contribution is 2.25. The van der Waals surface area contributed by atoms with Crippen LogP contribution in [0.25, 0.3) is 0 Å². The number of hydrogen-bond acceptors (Lipinski definition) is 4. The number of aromatic nitrogens is 2. The highest BCUT2D eigenvalue weighted by Gasteiger charge is 2.21. The van der Waals surface area contributed by atoms with Crippen molar-refractivity contribution in [3.05, 3.63) is 5.82 Å². The summed E-state index contributed by atoms with van der Waals surface area (Å²) in [5, 5.41) is 2.02. The molecule has 1 rings (SSSR count). The fraction of sp³-hybridized carbons (Fsp3) is 0.818. The fourth-order valence-electron chi connectivity index (χ4n) is 1.32. The van der Waals surface area contributed by atoms with Crippen LogP contribution >= 0.6 is 27.5 Å². The molecule has 0 aliphatic rings. The van der Waals surface area contributed by atoms with E-state index in [1.54, 1.807) is 0 Å². The molecule has 0 aliphatic heterocycles. The zero-order valence-corrected chi connectivity index (χ0v) is 12.9. The van der Waals surface area contributed by atoms with Crippen LogP contribution in [0.2, 0.25) is 0 Å². The van der Waals surface area contributed by atoms with E-state index in [-0.39, 0.29) is 5.41 Å². The van der Waals surface area contributed by atoms with Crippen molar-refractivity contribution in [2.75, 3.05) is 23.3 Å². The van der Waals surface area contributed by atoms with Gasteiger partial charge in [-0.2, -0.15) is 4.37 Å². The Morgan fingerprint density at radius 1 is 1.31 bits per heavy atom. The van der Waals surface area contributed by atoms with Crippen molar-refractivity contribution in [2.24, 2.45) is 0 Å². The van der Waals surface area contributed by atoms with Crippen LogP contribution in [0, 0.1) is 0 Å². The molecule has 5 heteroatoms. The van der Waals surface area contributed by atoms with E-state index in [2.05, 4.69) is 57.9 Å². The minimum atomic E-state index is 0.0427. The first-order valence-electron chi connectivity index (χ1n) is 5.64. The van der Waals surface area contributed by atoms with Gasteiger partial charge >= 0.3 is 0 Å². The number of halogens is 1. The zero-order valence-electron chi connectivity index (χ0n) is 10.5. The van der Waals surface area contributed by atoms with Crippen LogP contribution in [0.1, 0.15) is 39.9 Å². The summed E-state index contributed by atoms with van der Waals surface area (Å²) in [5.41, 5.74) is 0.0427. The molecule has 0 aromatic carbocycles. The second-order valence-corrected chi connectivity index (χ2v) is 6.35. The van der Waals surface area contributed by atoms with E-state index in [0.29, 0.717) is 0 Å². The molecule has 0 radical (unpaired) electrons. The summed E-state index contributed by atoms with van der Waals surface area (Å²) in [4.78, 5) is 6.92. The smallest absolute Gasteiger partial charge is 0.205 e. The molecule has 0 aliphatic carbocycles. The van der Waals surface area contributed by atoms with Crippen molar-refractivity contribution in [2.45, 2.75) is 39.5 Å². The lowest BCUT2D eigenvalue weighted by Gasteiger charge is -2.19. The van der Waals surface area contributed by atoms with Gasteiger partial charge in [0.2, 0.25) is 5.13 Å².